The van der Waals surface area contributed by atoms with E-state index >= 15 is 0 Å². The standard InChI is InChI=1S/C8H10N2O3S.C6H5N3/c1-6-2-4-7(5-3-6)14(11,12)13-8(9)10;1-2-4-6-5(3-1)7-9-8-6/h2-5H,1H3,(H3,9,10);1-4H,(H,7,8,9). The Morgan fingerprint density at radius 1 is 1.17 bits per heavy atom. The van der Waals surface area contributed by atoms with Crippen LogP contribution in [0.1, 0.15) is 5.56 Å². The molecular weight excluding hydrogens is 318 g/mol. The number of para-hydroxylation sites is 1. The summed E-state index contributed by atoms with van der Waals surface area (Å²) in [5, 5.41) is 16.9. The van der Waals surface area contributed by atoms with E-state index in [1.807, 2.05) is 31.2 Å². The third kappa shape index (κ3) is 4.51. The van der Waals surface area contributed by atoms with Crippen LogP contribution in [-0.2, 0) is 14.3 Å². The van der Waals surface area contributed by atoms with Crippen molar-refractivity contribution in [3.63, 3.8) is 0 Å². The van der Waals surface area contributed by atoms with Crippen LogP contribution >= 0.6 is 0 Å². The van der Waals surface area contributed by atoms with Crippen molar-refractivity contribution in [2.24, 2.45) is 5.73 Å². The molecule has 23 heavy (non-hydrogen) atoms. The van der Waals surface area contributed by atoms with Gasteiger partial charge in [0.1, 0.15) is 10.4 Å². The molecule has 0 saturated heterocycles. The Hall–Kier alpha value is -2.94. The Labute approximate surface area is 132 Å². The number of benzene rings is 2. The van der Waals surface area contributed by atoms with Gasteiger partial charge in [-0.1, -0.05) is 35.0 Å². The molecule has 4 N–H and O–H groups in total. The van der Waals surface area contributed by atoms with E-state index in [9.17, 15) is 8.42 Å². The normalized spacial score (nSPS) is 10.7. The minimum atomic E-state index is -3.93. The van der Waals surface area contributed by atoms with Gasteiger partial charge in [0, 0.05) is 0 Å². The molecule has 2 aromatic carbocycles. The van der Waals surface area contributed by atoms with Gasteiger partial charge >= 0.3 is 10.1 Å². The third-order valence-electron chi connectivity index (χ3n) is 2.74. The highest BCUT2D eigenvalue weighted by atomic mass is 32.2. The fraction of sp³-hybridized carbons (Fsp3) is 0.0714. The zero-order chi connectivity index (χ0) is 16.9. The first-order chi connectivity index (χ1) is 10.9. The predicted octanol–water partition coefficient (Wildman–Crippen LogP) is 1.55. The molecule has 0 amide bonds. The van der Waals surface area contributed by atoms with Gasteiger partial charge in [-0.25, -0.2) is 0 Å². The second-order valence-electron chi connectivity index (χ2n) is 4.54. The van der Waals surface area contributed by atoms with Gasteiger partial charge in [-0.2, -0.15) is 8.42 Å². The monoisotopic (exact) mass is 333 g/mol. The van der Waals surface area contributed by atoms with Gasteiger partial charge in [-0.05, 0) is 31.2 Å². The lowest BCUT2D eigenvalue weighted by Gasteiger charge is -2.04. The van der Waals surface area contributed by atoms with E-state index in [1.54, 1.807) is 12.1 Å². The van der Waals surface area contributed by atoms with Crippen molar-refractivity contribution in [1.29, 1.82) is 5.41 Å². The molecule has 0 spiro atoms. The maximum atomic E-state index is 11.3. The topological polar surface area (TPSA) is 135 Å². The molecule has 0 saturated carbocycles. The number of aryl methyl sites for hydroxylation is 1. The average molecular weight is 333 g/mol. The second-order valence-corrected chi connectivity index (χ2v) is 6.09. The molecule has 3 rings (SSSR count). The summed E-state index contributed by atoms with van der Waals surface area (Å²) in [6, 6.07) is 13.0. The smallest absolute Gasteiger partial charge is 0.341 e. The number of amidine groups is 1. The number of H-pyrrole nitrogens is 1. The quantitative estimate of drug-likeness (QED) is 0.370. The van der Waals surface area contributed by atoms with Crippen LogP contribution in [0.2, 0.25) is 0 Å². The number of hydrogen-bond donors (Lipinski definition) is 3. The van der Waals surface area contributed by atoms with Crippen LogP contribution in [0.15, 0.2) is 53.4 Å². The third-order valence-corrected chi connectivity index (χ3v) is 3.99. The Morgan fingerprint density at radius 2 is 1.83 bits per heavy atom. The lowest BCUT2D eigenvalue weighted by Crippen LogP contribution is -2.19. The van der Waals surface area contributed by atoms with E-state index in [1.165, 1.54) is 12.1 Å². The first-order valence-corrected chi connectivity index (χ1v) is 7.90. The van der Waals surface area contributed by atoms with Crippen molar-refractivity contribution >= 4 is 27.2 Å². The maximum Gasteiger partial charge on any atom is 0.341 e. The molecule has 0 aliphatic carbocycles. The number of fused-ring (bicyclic) bond motifs is 1. The highest BCUT2D eigenvalue weighted by Crippen LogP contribution is 2.12. The van der Waals surface area contributed by atoms with E-state index in [-0.39, 0.29) is 4.90 Å². The molecule has 0 atom stereocenters. The predicted molar refractivity (Wildman–Crippen MR) is 85.3 cm³/mol. The zero-order valence-corrected chi connectivity index (χ0v) is 13.0. The number of rotatable bonds is 2. The Morgan fingerprint density at radius 3 is 2.43 bits per heavy atom. The van der Waals surface area contributed by atoms with E-state index in [4.69, 9.17) is 11.1 Å². The van der Waals surface area contributed by atoms with E-state index < -0.39 is 16.1 Å². The van der Waals surface area contributed by atoms with Crippen LogP contribution in [0.25, 0.3) is 11.0 Å². The van der Waals surface area contributed by atoms with Gasteiger partial charge < -0.3 is 9.92 Å². The van der Waals surface area contributed by atoms with E-state index in [0.717, 1.165) is 16.6 Å². The molecule has 0 aliphatic rings. The van der Waals surface area contributed by atoms with Gasteiger partial charge in [-0.15, -0.1) is 5.10 Å². The summed E-state index contributed by atoms with van der Waals surface area (Å²) in [5.74, 6) is 0. The summed E-state index contributed by atoms with van der Waals surface area (Å²) in [5.41, 5.74) is 7.66. The summed E-state index contributed by atoms with van der Waals surface area (Å²) in [4.78, 5) is -0.0155. The first-order valence-electron chi connectivity index (χ1n) is 6.49. The number of aromatic nitrogens is 3. The van der Waals surface area contributed by atoms with Crippen LogP contribution in [0, 0.1) is 12.3 Å². The molecule has 120 valence electrons. The molecule has 1 aromatic heterocycles. The Kier molecular flexibility index (Phi) is 4.91. The highest BCUT2D eigenvalue weighted by molar-refractivity contribution is 7.87. The van der Waals surface area contributed by atoms with Crippen LogP contribution in [0.5, 0.6) is 0 Å². The van der Waals surface area contributed by atoms with Crippen molar-refractivity contribution in [3.05, 3.63) is 54.1 Å². The molecule has 0 bridgehead atoms. The minimum absolute atomic E-state index is 0.0155. The summed E-state index contributed by atoms with van der Waals surface area (Å²) in [6.07, 6.45) is 0. The lowest BCUT2D eigenvalue weighted by atomic mass is 10.2. The first kappa shape index (κ1) is 16.4. The molecule has 0 aliphatic heterocycles. The summed E-state index contributed by atoms with van der Waals surface area (Å²) >= 11 is 0. The maximum absolute atomic E-state index is 11.3. The van der Waals surface area contributed by atoms with Crippen molar-refractivity contribution in [3.8, 4) is 0 Å². The molecule has 0 radical (unpaired) electrons. The summed E-state index contributed by atoms with van der Waals surface area (Å²) < 4.78 is 26.8. The number of hydrogen-bond acceptors (Lipinski definition) is 6. The Bertz CT molecular complexity index is 873. The molecule has 3 aromatic rings. The van der Waals surface area contributed by atoms with Crippen molar-refractivity contribution < 1.29 is 12.6 Å². The van der Waals surface area contributed by atoms with Gasteiger partial charge in [0.05, 0.1) is 5.52 Å². The highest BCUT2D eigenvalue weighted by Gasteiger charge is 2.16. The van der Waals surface area contributed by atoms with Crippen LogP contribution in [0.3, 0.4) is 0 Å². The Balaban J connectivity index is 0.000000182. The van der Waals surface area contributed by atoms with Crippen LogP contribution in [0.4, 0.5) is 0 Å². The number of nitrogens with one attached hydrogen (secondary N) is 2. The summed E-state index contributed by atoms with van der Waals surface area (Å²) in [6.45, 7) is 1.84. The number of aromatic amines is 1. The summed E-state index contributed by atoms with van der Waals surface area (Å²) in [7, 11) is -3.93. The second kappa shape index (κ2) is 6.88. The molecule has 8 nitrogen and oxygen atoms in total. The van der Waals surface area contributed by atoms with Crippen molar-refractivity contribution in [2.75, 3.05) is 0 Å². The van der Waals surface area contributed by atoms with Gasteiger partial charge in [0.15, 0.2) is 0 Å². The fourth-order valence-electron chi connectivity index (χ4n) is 1.66. The van der Waals surface area contributed by atoms with Crippen LogP contribution < -0.4 is 5.73 Å². The molecule has 9 heteroatoms. The van der Waals surface area contributed by atoms with Gasteiger partial charge in [-0.3, -0.25) is 10.5 Å². The SMILES string of the molecule is Cc1ccc(S(=O)(=O)OC(=N)N)cc1.c1ccc2[nH]nnc2c1. The molecule has 1 heterocycles. The van der Waals surface area contributed by atoms with E-state index in [0.29, 0.717) is 0 Å². The molecule has 0 unspecified atom stereocenters. The average Bonchev–Trinajstić information content (AvgIpc) is 2.95. The van der Waals surface area contributed by atoms with Crippen LogP contribution in [-0.4, -0.2) is 29.9 Å². The van der Waals surface area contributed by atoms with Gasteiger partial charge in [0.2, 0.25) is 0 Å². The van der Waals surface area contributed by atoms with Crippen molar-refractivity contribution in [2.45, 2.75) is 11.8 Å². The largest absolute Gasteiger partial charge is 0.353 e. The minimum Gasteiger partial charge on any atom is -0.353 e. The number of nitrogens with two attached hydrogens (primary N) is 1. The lowest BCUT2D eigenvalue weighted by molar-refractivity contribution is 0.476. The number of nitrogens with zero attached hydrogens (tertiary/aromatic N) is 2. The zero-order valence-electron chi connectivity index (χ0n) is 12.2. The fourth-order valence-corrected chi connectivity index (χ4v) is 2.46. The molecule has 0 fully saturated rings. The van der Waals surface area contributed by atoms with E-state index in [2.05, 4.69) is 19.6 Å². The molecular formula is C14H15N5O3S. The van der Waals surface area contributed by atoms with Crippen molar-refractivity contribution in [1.82, 2.24) is 15.4 Å². The van der Waals surface area contributed by atoms with Gasteiger partial charge in [0.25, 0.3) is 6.02 Å².